The Hall–Kier alpha value is -2.90. The molecule has 0 amide bonds. The summed E-state index contributed by atoms with van der Waals surface area (Å²) < 4.78 is 57.5. The van der Waals surface area contributed by atoms with E-state index >= 15 is 4.39 Å². The Morgan fingerprint density at radius 1 is 1.34 bits per heavy atom. The van der Waals surface area contributed by atoms with Crippen molar-refractivity contribution in [1.29, 1.82) is 0 Å². The Morgan fingerprint density at radius 3 is 2.60 bits per heavy atom. The highest BCUT2D eigenvalue weighted by Gasteiger charge is 2.55. The summed E-state index contributed by atoms with van der Waals surface area (Å²) in [5.74, 6) is -1.33. The van der Waals surface area contributed by atoms with Gasteiger partial charge >= 0.3 is 11.7 Å². The van der Waals surface area contributed by atoms with Crippen molar-refractivity contribution >= 4 is 14.1 Å². The first-order valence-electron chi connectivity index (χ1n) is 10.3. The molecule has 1 aliphatic rings. The number of hydroxylamine groups is 1. The number of carbonyl (C=O) groups is 1. The van der Waals surface area contributed by atoms with Crippen LogP contribution < -0.4 is 16.1 Å². The summed E-state index contributed by atoms with van der Waals surface area (Å²) >= 11 is 0. The summed E-state index contributed by atoms with van der Waals surface area (Å²) in [5.41, 5.74) is -4.15. The molecule has 0 radical (unpaired) electrons. The molecule has 2 heterocycles. The Bertz CT molecular complexity index is 1190. The highest BCUT2D eigenvalue weighted by atomic mass is 31.1. The SMILES string of the molecule is COC(=O)C(C)N(Oc1ccc(F)cc1)[PH](=O)OC[C@H]1O[C@@H](n2ccc(=O)[nH]c2=O)[C@](C)(F)[C@@H]1O. The van der Waals surface area contributed by atoms with E-state index < -0.39 is 68.0 Å². The maximum atomic E-state index is 15.3. The van der Waals surface area contributed by atoms with Gasteiger partial charge in [0.1, 0.15) is 29.8 Å². The molecular weight excluding hydrogens is 495 g/mol. The van der Waals surface area contributed by atoms with Crippen molar-refractivity contribution in [3.63, 3.8) is 0 Å². The molecule has 0 aliphatic carbocycles. The largest absolute Gasteiger partial charge is 0.468 e. The number of aliphatic hydroxyl groups is 1. The van der Waals surface area contributed by atoms with Crippen molar-refractivity contribution in [3.8, 4) is 5.75 Å². The number of aliphatic hydroxyl groups excluding tert-OH is 1. The lowest BCUT2D eigenvalue weighted by molar-refractivity contribution is -0.152. The van der Waals surface area contributed by atoms with Crippen LogP contribution in [0.3, 0.4) is 0 Å². The number of aromatic amines is 1. The predicted octanol–water partition coefficient (Wildman–Crippen LogP) is 0.926. The lowest BCUT2D eigenvalue weighted by Crippen LogP contribution is -2.43. The molecule has 1 aliphatic heterocycles. The van der Waals surface area contributed by atoms with E-state index in [9.17, 15) is 28.4 Å². The van der Waals surface area contributed by atoms with Crippen molar-refractivity contribution in [2.45, 2.75) is 44.0 Å². The molecule has 6 atom stereocenters. The smallest absolute Gasteiger partial charge is 0.330 e. The zero-order chi connectivity index (χ0) is 25.9. The van der Waals surface area contributed by atoms with Crippen LogP contribution in [-0.2, 0) is 23.4 Å². The van der Waals surface area contributed by atoms with Gasteiger partial charge in [0, 0.05) is 12.3 Å². The molecule has 0 bridgehead atoms. The zero-order valence-electron chi connectivity index (χ0n) is 18.8. The number of nitrogens with one attached hydrogen (secondary N) is 1. The summed E-state index contributed by atoms with van der Waals surface area (Å²) in [5, 5.41) is 10.4. The fraction of sp³-hybridized carbons (Fsp3) is 0.450. The Balaban J connectivity index is 1.75. The molecule has 35 heavy (non-hydrogen) atoms. The van der Waals surface area contributed by atoms with Gasteiger partial charge in [-0.25, -0.2) is 13.6 Å². The normalized spacial score (nSPS) is 25.9. The van der Waals surface area contributed by atoms with Gasteiger partial charge in [0.25, 0.3) is 13.7 Å². The number of hydrogen-bond acceptors (Lipinski definition) is 9. The van der Waals surface area contributed by atoms with Crippen LogP contribution in [0.4, 0.5) is 8.78 Å². The second-order valence-electron chi connectivity index (χ2n) is 7.79. The van der Waals surface area contributed by atoms with Crippen molar-refractivity contribution in [2.24, 2.45) is 0 Å². The molecule has 12 nitrogen and oxygen atoms in total. The topological polar surface area (TPSA) is 149 Å². The van der Waals surface area contributed by atoms with Crippen LogP contribution in [0.25, 0.3) is 0 Å². The maximum absolute atomic E-state index is 15.3. The van der Waals surface area contributed by atoms with Crippen molar-refractivity contribution in [3.05, 3.63) is 63.2 Å². The summed E-state index contributed by atoms with van der Waals surface area (Å²) in [4.78, 5) is 43.4. The lowest BCUT2D eigenvalue weighted by Gasteiger charge is -2.26. The Labute approximate surface area is 197 Å². The lowest BCUT2D eigenvalue weighted by atomic mass is 9.98. The molecule has 15 heteroatoms. The van der Waals surface area contributed by atoms with Gasteiger partial charge in [-0.15, -0.1) is 0 Å². The van der Waals surface area contributed by atoms with E-state index in [1.807, 2.05) is 4.98 Å². The predicted molar refractivity (Wildman–Crippen MR) is 116 cm³/mol. The number of carbonyl (C=O) groups excluding carboxylic acids is 1. The number of methoxy groups -OCH3 is 1. The van der Waals surface area contributed by atoms with Gasteiger partial charge in [-0.05, 0) is 38.1 Å². The highest BCUT2D eigenvalue weighted by Crippen LogP contribution is 2.42. The molecule has 192 valence electrons. The molecular formula is C20H24F2N3O9P. The van der Waals surface area contributed by atoms with Crippen LogP contribution in [0, 0.1) is 5.82 Å². The fourth-order valence-electron chi connectivity index (χ4n) is 3.33. The molecule has 0 spiro atoms. The highest BCUT2D eigenvalue weighted by molar-refractivity contribution is 7.36. The van der Waals surface area contributed by atoms with E-state index in [2.05, 4.69) is 4.74 Å². The van der Waals surface area contributed by atoms with E-state index in [1.54, 1.807) is 0 Å². The van der Waals surface area contributed by atoms with Crippen LogP contribution >= 0.6 is 8.18 Å². The number of esters is 1. The van der Waals surface area contributed by atoms with Crippen LogP contribution in [0.2, 0.25) is 0 Å². The minimum absolute atomic E-state index is 0.0371. The third kappa shape index (κ3) is 5.85. The number of ether oxygens (including phenoxy) is 2. The molecule has 0 saturated carbocycles. The molecule has 2 unspecified atom stereocenters. The summed E-state index contributed by atoms with van der Waals surface area (Å²) in [6.45, 7) is 1.69. The van der Waals surface area contributed by atoms with Gasteiger partial charge in [0.2, 0.25) is 0 Å². The Morgan fingerprint density at radius 2 is 2.00 bits per heavy atom. The van der Waals surface area contributed by atoms with Gasteiger partial charge in [-0.3, -0.25) is 23.7 Å². The molecule has 3 rings (SSSR count). The number of alkyl halides is 1. The van der Waals surface area contributed by atoms with Gasteiger partial charge in [0.15, 0.2) is 11.9 Å². The summed E-state index contributed by atoms with van der Waals surface area (Å²) in [6, 6.07) is 4.37. The number of nitrogens with zero attached hydrogens (tertiary/aromatic N) is 2. The second-order valence-corrected chi connectivity index (χ2v) is 9.05. The number of benzene rings is 1. The van der Waals surface area contributed by atoms with E-state index in [4.69, 9.17) is 14.1 Å². The van der Waals surface area contributed by atoms with E-state index in [0.717, 1.165) is 43.0 Å². The summed E-state index contributed by atoms with van der Waals surface area (Å²) in [6.07, 6.45) is -3.81. The number of rotatable bonds is 9. The van der Waals surface area contributed by atoms with Gasteiger partial charge in [-0.1, -0.05) is 4.83 Å². The average Bonchev–Trinajstić information content (AvgIpc) is 3.04. The van der Waals surface area contributed by atoms with Gasteiger partial charge in [-0.2, -0.15) is 0 Å². The van der Waals surface area contributed by atoms with Gasteiger partial charge in [0.05, 0.1) is 13.7 Å². The third-order valence-corrected chi connectivity index (χ3v) is 6.54. The first-order valence-corrected chi connectivity index (χ1v) is 11.5. The number of aromatic nitrogens is 2. The van der Waals surface area contributed by atoms with Crippen molar-refractivity contribution in [1.82, 2.24) is 14.4 Å². The summed E-state index contributed by atoms with van der Waals surface area (Å²) in [7, 11) is -2.29. The molecule has 2 aromatic rings. The van der Waals surface area contributed by atoms with Crippen molar-refractivity contribution in [2.75, 3.05) is 13.7 Å². The molecule has 1 aromatic heterocycles. The first kappa shape index (κ1) is 26.7. The quantitative estimate of drug-likeness (QED) is 0.278. The molecule has 1 saturated heterocycles. The van der Waals surface area contributed by atoms with Crippen LogP contribution in [0.1, 0.15) is 20.1 Å². The monoisotopic (exact) mass is 519 g/mol. The van der Waals surface area contributed by atoms with E-state index in [0.29, 0.717) is 4.83 Å². The number of hydrogen-bond donors (Lipinski definition) is 2. The minimum atomic E-state index is -3.39. The maximum Gasteiger partial charge on any atom is 0.330 e. The fourth-order valence-corrected chi connectivity index (χ4v) is 4.36. The van der Waals surface area contributed by atoms with E-state index in [1.165, 1.54) is 19.1 Å². The standard InChI is InChI=1S/C20H24F2N3O9P/c1-11(17(28)31-3)25(34-13-6-4-12(21)5-7-13)35(30)32-10-14-16(27)20(2,22)18(33-14)24-9-8-15(26)23-19(24)29/h4-9,11,14,16,18,27,35H,10H2,1-3H3,(H,23,26,29)/t11?,14-,16-,18-,20-/m1/s1. The number of H-pyrrole nitrogens is 1. The average molecular weight is 519 g/mol. The van der Waals surface area contributed by atoms with Gasteiger partial charge < -0.3 is 23.9 Å². The molecule has 1 fully saturated rings. The van der Waals surface area contributed by atoms with Crippen LogP contribution in [-0.4, -0.2) is 63.1 Å². The third-order valence-electron chi connectivity index (χ3n) is 5.28. The molecule has 2 N–H and O–H groups in total. The molecule has 1 aromatic carbocycles. The van der Waals surface area contributed by atoms with E-state index in [-0.39, 0.29) is 5.75 Å². The van der Waals surface area contributed by atoms with Crippen LogP contribution in [0.5, 0.6) is 5.75 Å². The zero-order valence-corrected chi connectivity index (χ0v) is 19.8. The van der Waals surface area contributed by atoms with Crippen molar-refractivity contribution < 1.29 is 42.1 Å². The first-order chi connectivity index (χ1) is 16.4. The minimum Gasteiger partial charge on any atom is -0.468 e. The second kappa shape index (κ2) is 10.8. The van der Waals surface area contributed by atoms with Crippen LogP contribution in [0.15, 0.2) is 46.1 Å². The number of halogens is 2. The Kier molecular flexibility index (Phi) is 8.23.